The van der Waals surface area contributed by atoms with Crippen molar-refractivity contribution < 1.29 is 4.48 Å². The zero-order valence-electron chi connectivity index (χ0n) is 10.3. The van der Waals surface area contributed by atoms with E-state index in [2.05, 4.69) is 27.7 Å². The average molecular weight is 196 g/mol. The van der Waals surface area contributed by atoms with Gasteiger partial charge in [0, 0.05) is 18.3 Å². The van der Waals surface area contributed by atoms with Crippen molar-refractivity contribution in [2.45, 2.75) is 53.0 Å². The maximum absolute atomic E-state index is 2.41. The maximum atomic E-state index is 2.41. The van der Waals surface area contributed by atoms with Gasteiger partial charge in [0.15, 0.2) is 0 Å². The van der Waals surface area contributed by atoms with Gasteiger partial charge in [0.05, 0.1) is 25.7 Å². The Morgan fingerprint density at radius 3 is 2.00 bits per heavy atom. The largest absolute Gasteiger partial charge is 0.321 e. The first-order valence-corrected chi connectivity index (χ1v) is 6.34. The fourth-order valence-electron chi connectivity index (χ4n) is 3.97. The molecule has 14 heavy (non-hydrogen) atoms. The van der Waals surface area contributed by atoms with Crippen LogP contribution in [0.5, 0.6) is 0 Å². The summed E-state index contributed by atoms with van der Waals surface area (Å²) in [4.78, 5) is 0. The van der Waals surface area contributed by atoms with E-state index in [0.29, 0.717) is 0 Å². The molecule has 0 radical (unpaired) electrons. The molecular weight excluding hydrogens is 170 g/mol. The molecule has 0 aliphatic carbocycles. The van der Waals surface area contributed by atoms with Gasteiger partial charge in [-0.1, -0.05) is 13.8 Å². The second-order valence-corrected chi connectivity index (χ2v) is 6.52. The van der Waals surface area contributed by atoms with Crippen molar-refractivity contribution in [3.8, 4) is 0 Å². The van der Waals surface area contributed by atoms with Crippen LogP contribution in [0, 0.1) is 11.3 Å². The Balaban J connectivity index is 2.08. The van der Waals surface area contributed by atoms with E-state index in [0.717, 1.165) is 17.4 Å². The molecule has 0 aromatic carbocycles. The number of hydrogen-bond acceptors (Lipinski definition) is 0. The molecule has 2 aliphatic rings. The van der Waals surface area contributed by atoms with Gasteiger partial charge in [-0.05, 0) is 26.2 Å². The minimum absolute atomic E-state index is 0.748. The number of quaternary nitrogens is 1. The fraction of sp³-hybridized carbons (Fsp3) is 1.00. The fourth-order valence-corrected chi connectivity index (χ4v) is 3.97. The summed E-state index contributed by atoms with van der Waals surface area (Å²) in [6.45, 7) is 14.0. The molecule has 0 spiro atoms. The third-order valence-corrected chi connectivity index (χ3v) is 4.76. The van der Waals surface area contributed by atoms with Crippen LogP contribution in [-0.2, 0) is 0 Å². The summed E-state index contributed by atoms with van der Waals surface area (Å²) in [5.74, 6) is 0.889. The molecule has 0 atom stereocenters. The van der Waals surface area contributed by atoms with E-state index >= 15 is 0 Å². The lowest BCUT2D eigenvalue weighted by Gasteiger charge is -2.35. The summed E-state index contributed by atoms with van der Waals surface area (Å²) in [5.41, 5.74) is 0.748. The molecule has 2 rings (SSSR count). The molecule has 2 bridgehead atoms. The molecule has 0 amide bonds. The summed E-state index contributed by atoms with van der Waals surface area (Å²) in [6, 6.07) is 0.853. The van der Waals surface area contributed by atoms with E-state index in [1.54, 1.807) is 0 Å². The second-order valence-electron chi connectivity index (χ2n) is 6.52. The van der Waals surface area contributed by atoms with Gasteiger partial charge in [0.1, 0.15) is 0 Å². The van der Waals surface area contributed by atoms with Crippen molar-refractivity contribution in [2.75, 3.05) is 19.6 Å². The molecule has 2 fully saturated rings. The van der Waals surface area contributed by atoms with E-state index < -0.39 is 0 Å². The molecule has 1 heteroatoms. The van der Waals surface area contributed by atoms with Gasteiger partial charge in [0.2, 0.25) is 0 Å². The highest BCUT2D eigenvalue weighted by molar-refractivity contribution is 4.90. The number of nitrogens with zero attached hydrogens (tertiary/aromatic N) is 1. The van der Waals surface area contributed by atoms with Crippen molar-refractivity contribution in [1.82, 2.24) is 0 Å². The predicted octanol–water partition coefficient (Wildman–Crippen LogP) is 3.05. The van der Waals surface area contributed by atoms with E-state index in [-0.39, 0.29) is 0 Å². The van der Waals surface area contributed by atoms with Crippen molar-refractivity contribution in [2.24, 2.45) is 11.3 Å². The van der Waals surface area contributed by atoms with Gasteiger partial charge in [-0.2, -0.15) is 0 Å². The first kappa shape index (κ1) is 10.5. The number of rotatable bonds is 3. The first-order chi connectivity index (χ1) is 6.48. The van der Waals surface area contributed by atoms with Crippen LogP contribution in [0.3, 0.4) is 0 Å². The van der Waals surface area contributed by atoms with Crippen molar-refractivity contribution in [1.29, 1.82) is 0 Å². The number of hydrogen-bond donors (Lipinski definition) is 0. The average Bonchev–Trinajstić information content (AvgIpc) is 2.58. The summed E-state index contributed by atoms with van der Waals surface area (Å²) in [7, 11) is 0. The molecule has 0 saturated carbocycles. The monoisotopic (exact) mass is 196 g/mol. The van der Waals surface area contributed by atoms with Crippen molar-refractivity contribution in [3.63, 3.8) is 0 Å². The van der Waals surface area contributed by atoms with Gasteiger partial charge < -0.3 is 4.48 Å². The molecule has 1 nitrogen and oxygen atoms in total. The second kappa shape index (κ2) is 3.23. The zero-order chi connectivity index (χ0) is 10.4. The minimum Gasteiger partial charge on any atom is -0.321 e. The van der Waals surface area contributed by atoms with E-state index in [1.807, 2.05) is 0 Å². The zero-order valence-corrected chi connectivity index (χ0v) is 10.3. The van der Waals surface area contributed by atoms with Crippen LogP contribution < -0.4 is 0 Å². The molecule has 2 aliphatic heterocycles. The maximum Gasteiger partial charge on any atom is 0.0850 e. The molecule has 0 unspecified atom stereocenters. The topological polar surface area (TPSA) is 0 Å². The lowest BCUT2D eigenvalue weighted by molar-refractivity contribution is -0.929. The molecular formula is C13H26N+. The van der Waals surface area contributed by atoms with Crippen LogP contribution in [0.2, 0.25) is 0 Å². The van der Waals surface area contributed by atoms with Crippen LogP contribution in [0.1, 0.15) is 47.0 Å². The molecule has 0 aromatic heterocycles. The highest BCUT2D eigenvalue weighted by atomic mass is 15.4. The smallest absolute Gasteiger partial charge is 0.0850 e. The quantitative estimate of drug-likeness (QED) is 0.609. The van der Waals surface area contributed by atoms with Crippen LogP contribution in [-0.4, -0.2) is 30.2 Å². The lowest BCUT2D eigenvalue weighted by Crippen LogP contribution is -2.49. The van der Waals surface area contributed by atoms with Crippen LogP contribution in [0.15, 0.2) is 0 Å². The predicted molar refractivity (Wildman–Crippen MR) is 61.1 cm³/mol. The summed E-state index contributed by atoms with van der Waals surface area (Å²) in [6.07, 6.45) is 4.48. The van der Waals surface area contributed by atoms with Gasteiger partial charge in [0.25, 0.3) is 0 Å². The van der Waals surface area contributed by atoms with Crippen LogP contribution in [0.25, 0.3) is 0 Å². The van der Waals surface area contributed by atoms with Gasteiger partial charge in [-0.3, -0.25) is 0 Å². The van der Waals surface area contributed by atoms with Gasteiger partial charge >= 0.3 is 0 Å². The Morgan fingerprint density at radius 1 is 1.07 bits per heavy atom. The standard InChI is InChI=1S/C13H26N/c1-11(2)9-13-5-7-14(10-13,8-6-13)12(3)4/h11-12H,5-10H2,1-4H3/q+1. The molecule has 2 heterocycles. The Labute approximate surface area is 89.1 Å². The highest BCUT2D eigenvalue weighted by Gasteiger charge is 2.55. The summed E-state index contributed by atoms with van der Waals surface area (Å²) in [5, 5.41) is 0. The Hall–Kier alpha value is -0.0400. The SMILES string of the molecule is CC(C)CC12CC[N+](C(C)C)(CC1)C2. The summed E-state index contributed by atoms with van der Waals surface area (Å²) < 4.78 is 1.44. The lowest BCUT2D eigenvalue weighted by atomic mass is 9.78. The van der Waals surface area contributed by atoms with E-state index in [9.17, 15) is 0 Å². The molecule has 2 saturated heterocycles. The van der Waals surface area contributed by atoms with E-state index in [1.165, 1.54) is 43.4 Å². The van der Waals surface area contributed by atoms with Gasteiger partial charge in [-0.25, -0.2) is 0 Å². The van der Waals surface area contributed by atoms with E-state index in [4.69, 9.17) is 0 Å². The Morgan fingerprint density at radius 2 is 1.64 bits per heavy atom. The molecule has 0 aromatic rings. The van der Waals surface area contributed by atoms with Crippen molar-refractivity contribution in [3.05, 3.63) is 0 Å². The van der Waals surface area contributed by atoms with Crippen LogP contribution >= 0.6 is 0 Å². The van der Waals surface area contributed by atoms with Gasteiger partial charge in [-0.15, -0.1) is 0 Å². The normalized spacial score (nSPS) is 41.6. The Bertz CT molecular complexity index is 209. The first-order valence-electron chi connectivity index (χ1n) is 6.34. The Kier molecular flexibility index (Phi) is 2.42. The molecule has 82 valence electrons. The van der Waals surface area contributed by atoms with Crippen molar-refractivity contribution >= 4 is 0 Å². The molecule has 0 N–H and O–H groups in total. The van der Waals surface area contributed by atoms with Crippen LogP contribution in [0.4, 0.5) is 0 Å². The third kappa shape index (κ3) is 1.50. The third-order valence-electron chi connectivity index (χ3n) is 4.76. The number of piperidine rings is 1. The minimum atomic E-state index is 0.748. The summed E-state index contributed by atoms with van der Waals surface area (Å²) >= 11 is 0. The number of fused-ring (bicyclic) bond motifs is 2. The highest BCUT2D eigenvalue weighted by Crippen LogP contribution is 2.50.